The molecule has 92 valence electrons. The van der Waals surface area contributed by atoms with Crippen molar-refractivity contribution in [3.63, 3.8) is 0 Å². The van der Waals surface area contributed by atoms with Crippen LogP contribution in [0.2, 0.25) is 0 Å². The third kappa shape index (κ3) is 2.31. The maximum Gasteiger partial charge on any atom is 0.257 e. The van der Waals surface area contributed by atoms with Crippen molar-refractivity contribution in [2.75, 3.05) is 13.2 Å². The Morgan fingerprint density at radius 2 is 2.35 bits per heavy atom. The minimum atomic E-state index is -0.496. The molecule has 0 aromatic heterocycles. The topological polar surface area (TPSA) is 40.5 Å². The Morgan fingerprint density at radius 3 is 3.06 bits per heavy atom. The predicted molar refractivity (Wildman–Crippen MR) is 62.3 cm³/mol. The van der Waals surface area contributed by atoms with Gasteiger partial charge in [0, 0.05) is 6.54 Å². The van der Waals surface area contributed by atoms with Gasteiger partial charge < -0.3 is 10.0 Å². The fraction of sp³-hybridized carbons (Fsp3) is 0.462. The van der Waals surface area contributed by atoms with E-state index in [9.17, 15) is 9.18 Å². The average Bonchev–Trinajstić information content (AvgIpc) is 2.79. The van der Waals surface area contributed by atoms with Gasteiger partial charge in [-0.15, -0.1) is 0 Å². The first kappa shape index (κ1) is 12.0. The summed E-state index contributed by atoms with van der Waals surface area (Å²) in [6, 6.07) is 4.35. The number of likely N-dealkylation sites (tertiary alicyclic amines) is 1. The van der Waals surface area contributed by atoms with E-state index in [2.05, 4.69) is 0 Å². The summed E-state index contributed by atoms with van der Waals surface area (Å²) in [7, 11) is 0. The normalized spacial score (nSPS) is 19.7. The molecule has 1 aromatic carbocycles. The predicted octanol–water partition coefficient (Wildman–Crippen LogP) is 1.73. The van der Waals surface area contributed by atoms with Gasteiger partial charge in [-0.25, -0.2) is 4.39 Å². The second-order valence-corrected chi connectivity index (χ2v) is 4.46. The van der Waals surface area contributed by atoms with Gasteiger partial charge in [-0.05, 0) is 31.9 Å². The van der Waals surface area contributed by atoms with Crippen molar-refractivity contribution in [2.24, 2.45) is 0 Å². The molecule has 0 bridgehead atoms. The number of rotatable bonds is 2. The third-order valence-corrected chi connectivity index (χ3v) is 3.20. The Balaban J connectivity index is 2.27. The second-order valence-electron chi connectivity index (χ2n) is 4.46. The molecule has 1 N–H and O–H groups in total. The molecule has 1 atom stereocenters. The first-order chi connectivity index (χ1) is 8.13. The average molecular weight is 237 g/mol. The molecule has 0 spiro atoms. The number of halogens is 1. The Morgan fingerprint density at radius 1 is 1.59 bits per heavy atom. The highest BCUT2D eigenvalue weighted by Crippen LogP contribution is 2.21. The van der Waals surface area contributed by atoms with Crippen molar-refractivity contribution >= 4 is 5.91 Å². The van der Waals surface area contributed by atoms with Crippen LogP contribution in [0.4, 0.5) is 4.39 Å². The number of aliphatic hydroxyl groups excluding tert-OH is 1. The zero-order valence-corrected chi connectivity index (χ0v) is 9.82. The number of carbonyl (C=O) groups excluding carboxylic acids is 1. The quantitative estimate of drug-likeness (QED) is 0.851. The summed E-state index contributed by atoms with van der Waals surface area (Å²) in [4.78, 5) is 13.7. The molecule has 2 rings (SSSR count). The van der Waals surface area contributed by atoms with Gasteiger partial charge in [-0.3, -0.25) is 4.79 Å². The van der Waals surface area contributed by atoms with Gasteiger partial charge in [0.2, 0.25) is 0 Å². The van der Waals surface area contributed by atoms with E-state index in [1.807, 2.05) is 6.92 Å². The molecule has 1 saturated heterocycles. The lowest BCUT2D eigenvalue weighted by Crippen LogP contribution is -2.38. The molecule has 0 saturated carbocycles. The van der Waals surface area contributed by atoms with Crippen molar-refractivity contribution in [3.8, 4) is 0 Å². The number of hydrogen-bond acceptors (Lipinski definition) is 2. The number of hydrogen-bond donors (Lipinski definition) is 1. The SMILES string of the molecule is Cc1ccc(F)c(C(=O)N2CCCC2CO)c1. The van der Waals surface area contributed by atoms with Crippen LogP contribution in [0.3, 0.4) is 0 Å². The fourth-order valence-electron chi connectivity index (χ4n) is 2.25. The van der Waals surface area contributed by atoms with Crippen LogP contribution in [0.25, 0.3) is 0 Å². The van der Waals surface area contributed by atoms with Crippen LogP contribution in [-0.4, -0.2) is 35.1 Å². The minimum Gasteiger partial charge on any atom is -0.394 e. The zero-order chi connectivity index (χ0) is 12.4. The summed E-state index contributed by atoms with van der Waals surface area (Å²) in [6.45, 7) is 2.36. The van der Waals surface area contributed by atoms with Gasteiger partial charge in [-0.2, -0.15) is 0 Å². The van der Waals surface area contributed by atoms with Crippen molar-refractivity contribution in [2.45, 2.75) is 25.8 Å². The first-order valence-electron chi connectivity index (χ1n) is 5.81. The third-order valence-electron chi connectivity index (χ3n) is 3.20. The highest BCUT2D eigenvalue weighted by atomic mass is 19.1. The van der Waals surface area contributed by atoms with Crippen molar-refractivity contribution in [1.29, 1.82) is 0 Å². The Bertz CT molecular complexity index is 433. The van der Waals surface area contributed by atoms with Gasteiger partial charge in [0.15, 0.2) is 0 Å². The molecule has 1 aromatic rings. The molecule has 3 nitrogen and oxygen atoms in total. The number of carbonyl (C=O) groups is 1. The van der Waals surface area contributed by atoms with E-state index in [-0.39, 0.29) is 24.1 Å². The lowest BCUT2D eigenvalue weighted by Gasteiger charge is -2.23. The molecule has 17 heavy (non-hydrogen) atoms. The summed E-state index contributed by atoms with van der Waals surface area (Å²) >= 11 is 0. The Kier molecular flexibility index (Phi) is 3.43. The Hall–Kier alpha value is -1.42. The monoisotopic (exact) mass is 237 g/mol. The van der Waals surface area contributed by atoms with E-state index < -0.39 is 5.82 Å². The van der Waals surface area contributed by atoms with Gasteiger partial charge in [0.25, 0.3) is 5.91 Å². The zero-order valence-electron chi connectivity index (χ0n) is 9.82. The molecule has 1 fully saturated rings. The molecular weight excluding hydrogens is 221 g/mol. The van der Waals surface area contributed by atoms with Gasteiger partial charge in [-0.1, -0.05) is 11.6 Å². The van der Waals surface area contributed by atoms with Gasteiger partial charge in [0.1, 0.15) is 5.82 Å². The number of amides is 1. The maximum atomic E-state index is 13.6. The van der Waals surface area contributed by atoms with Crippen LogP contribution in [0.1, 0.15) is 28.8 Å². The van der Waals surface area contributed by atoms with Crippen molar-refractivity contribution in [3.05, 3.63) is 35.1 Å². The number of nitrogens with zero attached hydrogens (tertiary/aromatic N) is 1. The second kappa shape index (κ2) is 4.84. The summed E-state index contributed by atoms with van der Waals surface area (Å²) in [5.74, 6) is -0.813. The van der Waals surface area contributed by atoms with Crippen LogP contribution < -0.4 is 0 Å². The number of benzene rings is 1. The molecule has 1 amide bonds. The first-order valence-corrected chi connectivity index (χ1v) is 5.81. The standard InChI is InChI=1S/C13H16FNO2/c1-9-4-5-12(14)11(7-9)13(17)15-6-2-3-10(15)8-16/h4-5,7,10,16H,2-3,6,8H2,1H3. The number of aliphatic hydroxyl groups is 1. The molecule has 0 radical (unpaired) electrons. The minimum absolute atomic E-state index is 0.0564. The van der Waals surface area contributed by atoms with Crippen LogP contribution in [0, 0.1) is 12.7 Å². The summed E-state index contributed by atoms with van der Waals surface area (Å²) in [5, 5.41) is 9.17. The van der Waals surface area contributed by atoms with Crippen LogP contribution in [0.15, 0.2) is 18.2 Å². The van der Waals surface area contributed by atoms with Crippen LogP contribution in [-0.2, 0) is 0 Å². The lowest BCUT2D eigenvalue weighted by molar-refractivity contribution is 0.0673. The maximum absolute atomic E-state index is 13.6. The van der Waals surface area contributed by atoms with Crippen molar-refractivity contribution < 1.29 is 14.3 Å². The molecule has 1 heterocycles. The Labute approximate surface area is 99.9 Å². The van der Waals surface area contributed by atoms with Crippen LogP contribution >= 0.6 is 0 Å². The van der Waals surface area contributed by atoms with Crippen molar-refractivity contribution in [1.82, 2.24) is 4.90 Å². The fourth-order valence-corrected chi connectivity index (χ4v) is 2.25. The van der Waals surface area contributed by atoms with Gasteiger partial charge in [0.05, 0.1) is 18.2 Å². The molecular formula is C13H16FNO2. The molecule has 0 aliphatic carbocycles. The highest BCUT2D eigenvalue weighted by molar-refractivity contribution is 5.95. The molecule has 1 unspecified atom stereocenters. The van der Waals surface area contributed by atoms with E-state index in [0.717, 1.165) is 18.4 Å². The lowest BCUT2D eigenvalue weighted by atomic mass is 10.1. The van der Waals surface area contributed by atoms with E-state index in [1.165, 1.54) is 6.07 Å². The summed E-state index contributed by atoms with van der Waals surface area (Å²) < 4.78 is 13.6. The van der Waals surface area contributed by atoms with Gasteiger partial charge >= 0.3 is 0 Å². The molecule has 4 heteroatoms. The van der Waals surface area contributed by atoms with E-state index in [4.69, 9.17) is 5.11 Å². The molecule has 1 aliphatic heterocycles. The summed E-state index contributed by atoms with van der Waals surface area (Å²) in [6.07, 6.45) is 1.65. The highest BCUT2D eigenvalue weighted by Gasteiger charge is 2.30. The summed E-state index contributed by atoms with van der Waals surface area (Å²) in [5.41, 5.74) is 0.958. The molecule has 1 aliphatic rings. The van der Waals surface area contributed by atoms with Crippen LogP contribution in [0.5, 0.6) is 0 Å². The van der Waals surface area contributed by atoms with E-state index in [1.54, 1.807) is 17.0 Å². The van der Waals surface area contributed by atoms with E-state index >= 15 is 0 Å². The largest absolute Gasteiger partial charge is 0.394 e. The number of aryl methyl sites for hydroxylation is 1. The smallest absolute Gasteiger partial charge is 0.257 e. The van der Waals surface area contributed by atoms with E-state index in [0.29, 0.717) is 6.54 Å².